The molecule has 1 fully saturated rings. The van der Waals surface area contributed by atoms with Gasteiger partial charge in [0.2, 0.25) is 17.6 Å². The van der Waals surface area contributed by atoms with Crippen molar-refractivity contribution in [1.82, 2.24) is 15.0 Å². The zero-order chi connectivity index (χ0) is 20.4. The van der Waals surface area contributed by atoms with Crippen LogP contribution in [0, 0.1) is 5.82 Å². The van der Waals surface area contributed by atoms with Crippen molar-refractivity contribution in [3.05, 3.63) is 59.7 Å². The number of thioether (sulfide) groups is 1. The zero-order valence-corrected chi connectivity index (χ0v) is 16.9. The minimum atomic E-state index is -0.494. The third-order valence-electron chi connectivity index (χ3n) is 4.95. The molecular formula is C21H20FN3O3S. The minimum Gasteiger partial charge on any atom is -0.494 e. The number of carbonyl (C=O) groups is 1. The predicted molar refractivity (Wildman–Crippen MR) is 107 cm³/mol. The van der Waals surface area contributed by atoms with E-state index in [-0.39, 0.29) is 17.6 Å². The highest BCUT2D eigenvalue weighted by Crippen LogP contribution is 2.30. The number of amides is 1. The first-order chi connectivity index (χ1) is 14.1. The molecule has 6 nitrogen and oxygen atoms in total. The first-order valence-corrected chi connectivity index (χ1v) is 10.4. The van der Waals surface area contributed by atoms with Gasteiger partial charge in [-0.05, 0) is 42.2 Å². The molecule has 0 saturated carbocycles. The van der Waals surface area contributed by atoms with Crippen LogP contribution in [0.1, 0.15) is 23.8 Å². The van der Waals surface area contributed by atoms with Gasteiger partial charge in [0.25, 0.3) is 0 Å². The van der Waals surface area contributed by atoms with Crippen molar-refractivity contribution >= 4 is 17.7 Å². The number of rotatable bonds is 6. The number of nitrogens with zero attached hydrogens (tertiary/aromatic N) is 3. The van der Waals surface area contributed by atoms with Crippen LogP contribution in [0.4, 0.5) is 4.39 Å². The van der Waals surface area contributed by atoms with E-state index in [1.807, 2.05) is 18.4 Å². The number of aromatic nitrogens is 2. The van der Waals surface area contributed by atoms with Gasteiger partial charge in [-0.25, -0.2) is 4.39 Å². The Hall–Kier alpha value is -2.87. The molecule has 2 heterocycles. The molecule has 1 aliphatic heterocycles. The fourth-order valence-corrected chi connectivity index (χ4v) is 3.77. The van der Waals surface area contributed by atoms with Crippen molar-refractivity contribution < 1.29 is 18.4 Å². The van der Waals surface area contributed by atoms with E-state index >= 15 is 0 Å². The number of hydrogen-bond acceptors (Lipinski definition) is 6. The van der Waals surface area contributed by atoms with Crippen LogP contribution in [0.2, 0.25) is 0 Å². The van der Waals surface area contributed by atoms with E-state index in [0.29, 0.717) is 36.8 Å². The normalized spacial score (nSPS) is 16.4. The van der Waals surface area contributed by atoms with Crippen LogP contribution in [-0.4, -0.2) is 40.9 Å². The maximum Gasteiger partial charge on any atom is 0.232 e. The zero-order valence-electron chi connectivity index (χ0n) is 16.1. The molecule has 1 atom stereocenters. The van der Waals surface area contributed by atoms with Gasteiger partial charge in [0, 0.05) is 30.0 Å². The molecule has 0 radical (unpaired) electrons. The summed E-state index contributed by atoms with van der Waals surface area (Å²) in [7, 11) is 1.41. The van der Waals surface area contributed by atoms with Gasteiger partial charge in [0.05, 0.1) is 13.0 Å². The molecule has 1 amide bonds. The van der Waals surface area contributed by atoms with E-state index in [9.17, 15) is 9.18 Å². The van der Waals surface area contributed by atoms with E-state index in [4.69, 9.17) is 9.26 Å². The monoisotopic (exact) mass is 413 g/mol. The second-order valence-electron chi connectivity index (χ2n) is 6.83. The molecule has 150 valence electrons. The number of benzene rings is 2. The van der Waals surface area contributed by atoms with Crippen LogP contribution in [-0.2, 0) is 11.3 Å². The van der Waals surface area contributed by atoms with Gasteiger partial charge in [-0.15, -0.1) is 11.8 Å². The van der Waals surface area contributed by atoms with Crippen LogP contribution in [0.5, 0.6) is 5.75 Å². The fraction of sp³-hybridized carbons (Fsp3) is 0.286. The third-order valence-corrected chi connectivity index (χ3v) is 5.69. The molecule has 2 aromatic carbocycles. The maximum atomic E-state index is 13.9. The molecule has 1 aliphatic rings. The van der Waals surface area contributed by atoms with Crippen LogP contribution in [0.3, 0.4) is 0 Å². The van der Waals surface area contributed by atoms with Gasteiger partial charge < -0.3 is 14.2 Å². The number of hydrogen-bond donors (Lipinski definition) is 0. The van der Waals surface area contributed by atoms with Crippen molar-refractivity contribution in [1.29, 1.82) is 0 Å². The molecule has 1 saturated heterocycles. The maximum absolute atomic E-state index is 13.9. The third kappa shape index (κ3) is 4.12. The van der Waals surface area contributed by atoms with Gasteiger partial charge in [-0.3, -0.25) is 4.79 Å². The Morgan fingerprint density at radius 1 is 1.28 bits per heavy atom. The summed E-state index contributed by atoms with van der Waals surface area (Å²) in [6.07, 6.45) is 2.35. The fourth-order valence-electron chi connectivity index (χ4n) is 3.37. The van der Waals surface area contributed by atoms with Crippen LogP contribution in [0.15, 0.2) is 51.9 Å². The van der Waals surface area contributed by atoms with Gasteiger partial charge >= 0.3 is 0 Å². The van der Waals surface area contributed by atoms with Gasteiger partial charge in [-0.2, -0.15) is 4.98 Å². The number of methoxy groups -OCH3 is 1. The highest BCUT2D eigenvalue weighted by Gasteiger charge is 2.34. The summed E-state index contributed by atoms with van der Waals surface area (Å²) in [5.41, 5.74) is 1.57. The van der Waals surface area contributed by atoms with E-state index in [2.05, 4.69) is 22.3 Å². The quantitative estimate of drug-likeness (QED) is 0.566. The lowest BCUT2D eigenvalue weighted by molar-refractivity contribution is -0.128. The van der Waals surface area contributed by atoms with Gasteiger partial charge in [-0.1, -0.05) is 17.3 Å². The summed E-state index contributed by atoms with van der Waals surface area (Å²) < 4.78 is 24.2. The molecule has 1 unspecified atom stereocenters. The largest absolute Gasteiger partial charge is 0.494 e. The second-order valence-corrected chi connectivity index (χ2v) is 7.71. The molecule has 3 aromatic rings. The van der Waals surface area contributed by atoms with Gasteiger partial charge in [0.15, 0.2) is 11.6 Å². The molecule has 1 aromatic heterocycles. The van der Waals surface area contributed by atoms with Crippen molar-refractivity contribution in [3.63, 3.8) is 0 Å². The van der Waals surface area contributed by atoms with Crippen molar-refractivity contribution in [2.75, 3.05) is 19.9 Å². The second kappa shape index (κ2) is 8.24. The van der Waals surface area contributed by atoms with E-state index < -0.39 is 5.82 Å². The average Bonchev–Trinajstić information content (AvgIpc) is 3.36. The van der Waals surface area contributed by atoms with E-state index in [1.165, 1.54) is 24.1 Å². The minimum absolute atomic E-state index is 0.0548. The Labute approximate surface area is 172 Å². The predicted octanol–water partition coefficient (Wildman–Crippen LogP) is 4.12. The van der Waals surface area contributed by atoms with Gasteiger partial charge in [0.1, 0.15) is 0 Å². The van der Waals surface area contributed by atoms with Crippen molar-refractivity contribution in [2.24, 2.45) is 0 Å². The van der Waals surface area contributed by atoms with E-state index in [1.54, 1.807) is 22.7 Å². The van der Waals surface area contributed by atoms with E-state index in [0.717, 1.165) is 5.56 Å². The summed E-state index contributed by atoms with van der Waals surface area (Å²) in [6, 6.07) is 12.7. The van der Waals surface area contributed by atoms with Crippen LogP contribution < -0.4 is 4.74 Å². The lowest BCUT2D eigenvalue weighted by Crippen LogP contribution is -2.24. The number of carbonyl (C=O) groups excluding carboxylic acids is 1. The Morgan fingerprint density at radius 2 is 2.07 bits per heavy atom. The highest BCUT2D eigenvalue weighted by atomic mass is 32.2. The first kappa shape index (κ1) is 19.4. The molecule has 0 N–H and O–H groups in total. The Bertz CT molecular complexity index is 1020. The summed E-state index contributed by atoms with van der Waals surface area (Å²) in [5, 5.41) is 3.96. The molecule has 4 rings (SSSR count). The lowest BCUT2D eigenvalue weighted by atomic mass is 10.1. The molecular weight excluding hydrogens is 393 g/mol. The SMILES string of the molecule is COc1ccc(-c2noc(C3CC(=O)N(Cc4ccc(SC)cc4)C3)n2)cc1F. The number of likely N-dealkylation sites (tertiary alicyclic amines) is 1. The molecule has 8 heteroatoms. The first-order valence-electron chi connectivity index (χ1n) is 9.15. The highest BCUT2D eigenvalue weighted by molar-refractivity contribution is 7.98. The number of halogens is 1. The van der Waals surface area contributed by atoms with Crippen molar-refractivity contribution in [3.8, 4) is 17.1 Å². The standard InChI is InChI=1S/C21H20FN3O3S/c1-27-18-8-5-14(9-17(18)22)20-23-21(28-24-20)15-10-19(26)25(12-15)11-13-3-6-16(29-2)7-4-13/h3-9,15H,10-12H2,1-2H3. The molecule has 0 bridgehead atoms. The summed E-state index contributed by atoms with van der Waals surface area (Å²) in [5.74, 6) is 0.229. The lowest BCUT2D eigenvalue weighted by Gasteiger charge is -2.16. The molecule has 0 aliphatic carbocycles. The topological polar surface area (TPSA) is 68.5 Å². The van der Waals surface area contributed by atoms with Crippen molar-refractivity contribution in [2.45, 2.75) is 23.8 Å². The Kier molecular flexibility index (Phi) is 5.53. The summed E-state index contributed by atoms with van der Waals surface area (Å²) in [6.45, 7) is 1.07. The summed E-state index contributed by atoms with van der Waals surface area (Å²) in [4.78, 5) is 19.8. The Morgan fingerprint density at radius 3 is 2.76 bits per heavy atom. The summed E-state index contributed by atoms with van der Waals surface area (Å²) >= 11 is 1.68. The molecule has 29 heavy (non-hydrogen) atoms. The smallest absolute Gasteiger partial charge is 0.232 e. The number of ether oxygens (including phenoxy) is 1. The Balaban J connectivity index is 1.46. The molecule has 0 spiro atoms. The average molecular weight is 413 g/mol. The van der Waals surface area contributed by atoms with Crippen LogP contribution >= 0.6 is 11.8 Å². The van der Waals surface area contributed by atoms with Crippen LogP contribution in [0.25, 0.3) is 11.4 Å².